The van der Waals surface area contributed by atoms with Crippen LogP contribution in [0.15, 0.2) is 66.9 Å². The Labute approximate surface area is 166 Å². The molecule has 29 heavy (non-hydrogen) atoms. The van der Waals surface area contributed by atoms with Gasteiger partial charge in [0.05, 0.1) is 18.7 Å². The first-order chi connectivity index (χ1) is 14.0. The van der Waals surface area contributed by atoms with E-state index in [-0.39, 0.29) is 17.7 Å². The molecule has 0 bridgehead atoms. The van der Waals surface area contributed by atoms with Gasteiger partial charge in [0.2, 0.25) is 0 Å². The first-order valence-electron chi connectivity index (χ1n) is 8.81. The topological polar surface area (TPSA) is 68.3 Å². The highest BCUT2D eigenvalue weighted by Gasteiger charge is 2.19. The highest BCUT2D eigenvalue weighted by atomic mass is 19.1. The van der Waals surface area contributed by atoms with E-state index < -0.39 is 29.6 Å². The van der Waals surface area contributed by atoms with Gasteiger partial charge < -0.3 is 10.1 Å². The van der Waals surface area contributed by atoms with Crippen LogP contribution in [0.5, 0.6) is 0 Å². The van der Waals surface area contributed by atoms with Crippen LogP contribution in [-0.2, 0) is 11.2 Å². The molecule has 2 aromatic carbocycles. The minimum absolute atomic E-state index is 0.0818. The number of carbonyl (C=O) groups excluding carboxylic acids is 2. The van der Waals surface area contributed by atoms with Crippen LogP contribution in [0.25, 0.3) is 0 Å². The van der Waals surface area contributed by atoms with Crippen LogP contribution in [0, 0.1) is 11.6 Å². The largest absolute Gasteiger partial charge is 0.465 e. The lowest BCUT2D eigenvalue weighted by Crippen LogP contribution is -2.30. The molecule has 148 valence electrons. The van der Waals surface area contributed by atoms with Crippen LogP contribution in [-0.4, -0.2) is 24.0 Å². The van der Waals surface area contributed by atoms with Crippen LogP contribution in [0.1, 0.15) is 38.0 Å². The van der Waals surface area contributed by atoms with Crippen LogP contribution in [0.2, 0.25) is 0 Å². The van der Waals surface area contributed by atoms with Crippen LogP contribution >= 0.6 is 0 Å². The van der Waals surface area contributed by atoms with Crippen LogP contribution in [0.3, 0.4) is 0 Å². The number of aromatic nitrogens is 1. The maximum Gasteiger partial charge on any atom is 0.339 e. The van der Waals surface area contributed by atoms with Gasteiger partial charge in [-0.25, -0.2) is 13.6 Å². The molecule has 1 amide bonds. The molecule has 7 heteroatoms. The summed E-state index contributed by atoms with van der Waals surface area (Å²) in [6.07, 6.45) is 1.50. The summed E-state index contributed by atoms with van der Waals surface area (Å²) < 4.78 is 31.9. The van der Waals surface area contributed by atoms with E-state index in [2.05, 4.69) is 15.0 Å². The zero-order chi connectivity index (χ0) is 20.8. The standard InChI is InChI=1S/C22H18F2N2O3/c1-29-22(28)16-8-9-19(25-13-16)21(27)26-20(15-5-3-7-18(24)12-15)11-14-4-2-6-17(23)10-14/h2-10,12-13,20H,11H2,1H3,(H,26,27). The molecule has 0 aliphatic carbocycles. The number of amides is 1. The van der Waals surface area contributed by atoms with Gasteiger partial charge >= 0.3 is 5.97 Å². The Hall–Kier alpha value is -3.61. The molecule has 3 rings (SSSR count). The van der Waals surface area contributed by atoms with Crippen molar-refractivity contribution in [3.05, 3.63) is 101 Å². The summed E-state index contributed by atoms with van der Waals surface area (Å²) in [4.78, 5) is 28.1. The maximum absolute atomic E-state index is 13.7. The number of pyridine rings is 1. The third-order valence-corrected chi connectivity index (χ3v) is 4.30. The molecule has 3 aromatic rings. The number of nitrogens with zero attached hydrogens (tertiary/aromatic N) is 1. The lowest BCUT2D eigenvalue weighted by molar-refractivity contribution is 0.0599. The number of esters is 1. The van der Waals surface area contributed by atoms with Crippen molar-refractivity contribution in [2.24, 2.45) is 0 Å². The van der Waals surface area contributed by atoms with E-state index in [0.717, 1.165) is 0 Å². The highest BCUT2D eigenvalue weighted by Crippen LogP contribution is 2.21. The summed E-state index contributed by atoms with van der Waals surface area (Å²) in [7, 11) is 1.25. The predicted molar refractivity (Wildman–Crippen MR) is 102 cm³/mol. The van der Waals surface area contributed by atoms with Gasteiger partial charge in [-0.3, -0.25) is 9.78 Å². The van der Waals surface area contributed by atoms with Crippen LogP contribution in [0.4, 0.5) is 8.78 Å². The number of rotatable bonds is 6. The van der Waals surface area contributed by atoms with E-state index in [1.807, 2.05) is 0 Å². The van der Waals surface area contributed by atoms with E-state index in [1.54, 1.807) is 24.3 Å². The third-order valence-electron chi connectivity index (χ3n) is 4.30. The number of benzene rings is 2. The van der Waals surface area contributed by atoms with Crippen molar-refractivity contribution in [2.45, 2.75) is 12.5 Å². The third kappa shape index (κ3) is 5.22. The molecule has 1 aromatic heterocycles. The van der Waals surface area contributed by atoms with Crippen molar-refractivity contribution < 1.29 is 23.1 Å². The molecule has 0 saturated heterocycles. The molecule has 0 spiro atoms. The summed E-state index contributed by atoms with van der Waals surface area (Å²) in [5.41, 5.74) is 1.48. The molecule has 0 aliphatic rings. The first kappa shape index (κ1) is 20.1. The molecule has 0 saturated carbocycles. The Morgan fingerprint density at radius 3 is 2.38 bits per heavy atom. The normalized spacial score (nSPS) is 11.6. The molecule has 0 fully saturated rings. The Morgan fingerprint density at radius 1 is 1.03 bits per heavy atom. The van der Waals surface area contributed by atoms with E-state index in [9.17, 15) is 18.4 Å². The Morgan fingerprint density at radius 2 is 1.76 bits per heavy atom. The van der Waals surface area contributed by atoms with Gasteiger partial charge in [-0.1, -0.05) is 24.3 Å². The van der Waals surface area contributed by atoms with E-state index in [1.165, 1.54) is 49.7 Å². The van der Waals surface area contributed by atoms with Gasteiger partial charge in [-0.05, 0) is 53.9 Å². The van der Waals surface area contributed by atoms with Crippen LogP contribution < -0.4 is 5.32 Å². The zero-order valence-electron chi connectivity index (χ0n) is 15.6. The molecule has 1 heterocycles. The molecule has 1 N–H and O–H groups in total. The summed E-state index contributed by atoms with van der Waals surface area (Å²) in [6.45, 7) is 0. The maximum atomic E-state index is 13.7. The fraction of sp³-hybridized carbons (Fsp3) is 0.136. The zero-order valence-corrected chi connectivity index (χ0v) is 15.6. The van der Waals surface area contributed by atoms with Crippen molar-refractivity contribution in [1.82, 2.24) is 10.3 Å². The number of hydrogen-bond acceptors (Lipinski definition) is 4. The number of methoxy groups -OCH3 is 1. The van der Waals surface area contributed by atoms with Crippen molar-refractivity contribution in [3.8, 4) is 0 Å². The fourth-order valence-corrected chi connectivity index (χ4v) is 2.87. The number of hydrogen-bond donors (Lipinski definition) is 1. The van der Waals surface area contributed by atoms with Crippen molar-refractivity contribution in [3.63, 3.8) is 0 Å². The number of ether oxygens (including phenoxy) is 1. The summed E-state index contributed by atoms with van der Waals surface area (Å²) >= 11 is 0. The second-order valence-corrected chi connectivity index (χ2v) is 6.34. The predicted octanol–water partition coefficient (Wildman–Crippen LogP) is 3.86. The van der Waals surface area contributed by atoms with E-state index in [0.29, 0.717) is 11.1 Å². The van der Waals surface area contributed by atoms with Gasteiger partial charge in [-0.15, -0.1) is 0 Å². The van der Waals surface area contributed by atoms with Gasteiger partial charge in [0.25, 0.3) is 5.91 Å². The fourth-order valence-electron chi connectivity index (χ4n) is 2.87. The summed E-state index contributed by atoms with van der Waals surface area (Å²) in [5, 5.41) is 2.80. The number of carbonyl (C=O) groups is 2. The SMILES string of the molecule is COC(=O)c1ccc(C(=O)NC(Cc2cccc(F)c2)c2cccc(F)c2)nc1. The Balaban J connectivity index is 1.84. The summed E-state index contributed by atoms with van der Waals surface area (Å²) in [6, 6.07) is 14.0. The minimum Gasteiger partial charge on any atom is -0.465 e. The van der Waals surface area contributed by atoms with Gasteiger partial charge in [0, 0.05) is 6.20 Å². The van der Waals surface area contributed by atoms with Gasteiger partial charge in [0.15, 0.2) is 0 Å². The Kier molecular flexibility index (Phi) is 6.29. The van der Waals surface area contributed by atoms with Gasteiger partial charge in [-0.2, -0.15) is 0 Å². The lowest BCUT2D eigenvalue weighted by Gasteiger charge is -2.19. The van der Waals surface area contributed by atoms with Crippen molar-refractivity contribution in [1.29, 1.82) is 0 Å². The molecular formula is C22H18F2N2O3. The van der Waals surface area contributed by atoms with E-state index >= 15 is 0 Å². The highest BCUT2D eigenvalue weighted by molar-refractivity contribution is 5.94. The van der Waals surface area contributed by atoms with Crippen molar-refractivity contribution >= 4 is 11.9 Å². The van der Waals surface area contributed by atoms with Crippen molar-refractivity contribution in [2.75, 3.05) is 7.11 Å². The second kappa shape index (κ2) is 9.05. The average molecular weight is 396 g/mol. The van der Waals surface area contributed by atoms with Gasteiger partial charge in [0.1, 0.15) is 17.3 Å². The summed E-state index contributed by atoms with van der Waals surface area (Å²) in [5.74, 6) is -1.91. The molecule has 0 aliphatic heterocycles. The lowest BCUT2D eigenvalue weighted by atomic mass is 9.98. The molecule has 0 radical (unpaired) electrons. The smallest absolute Gasteiger partial charge is 0.339 e. The number of nitrogens with one attached hydrogen (secondary N) is 1. The second-order valence-electron chi connectivity index (χ2n) is 6.34. The monoisotopic (exact) mass is 396 g/mol. The molecule has 1 unspecified atom stereocenters. The van der Waals surface area contributed by atoms with E-state index in [4.69, 9.17) is 0 Å². The minimum atomic E-state index is -0.609. The quantitative estimate of drug-likeness (QED) is 0.643. The molecule has 5 nitrogen and oxygen atoms in total. The average Bonchev–Trinajstić information content (AvgIpc) is 2.73. The molecular weight excluding hydrogens is 378 g/mol. The molecule has 1 atom stereocenters. The Bertz CT molecular complexity index is 1020. The number of halogens is 2. The first-order valence-corrected chi connectivity index (χ1v) is 8.81.